The van der Waals surface area contributed by atoms with Gasteiger partial charge in [0.15, 0.2) is 0 Å². The number of nitrogens with one attached hydrogen (secondary N) is 2. The van der Waals surface area contributed by atoms with E-state index in [1.54, 1.807) is 0 Å². The van der Waals surface area contributed by atoms with Crippen molar-refractivity contribution in [2.45, 2.75) is 91.3 Å². The van der Waals surface area contributed by atoms with Crippen molar-refractivity contribution in [2.75, 3.05) is 26.4 Å². The molecular formula is C54H70BrMgN3O4. The summed E-state index contributed by atoms with van der Waals surface area (Å²) in [4.78, 5) is 15.7. The molecule has 1 heterocycles. The molecular weight excluding hydrogens is 859 g/mol. The fourth-order valence-electron chi connectivity index (χ4n) is 6.23. The Labute approximate surface area is 407 Å². The molecule has 0 bridgehead atoms. The number of hydrogen-bond donors (Lipinski definition) is 2. The summed E-state index contributed by atoms with van der Waals surface area (Å²) < 4.78 is 5.45. The molecule has 7 rings (SSSR count). The Bertz CT molecular complexity index is 1670. The van der Waals surface area contributed by atoms with E-state index in [1.807, 2.05) is 41.5 Å². The van der Waals surface area contributed by atoms with Gasteiger partial charge in [-0.2, -0.15) is 5.06 Å². The molecule has 9 heteroatoms. The van der Waals surface area contributed by atoms with Crippen molar-refractivity contribution < 1.29 is 37.8 Å². The Kier molecular flexibility index (Phi) is 33.1. The summed E-state index contributed by atoms with van der Waals surface area (Å²) in [6.07, 6.45) is 5.82. The Hall–Kier alpha value is -3.71. The fraction of sp³-hybridized carbons (Fsp3) is 0.333. The van der Waals surface area contributed by atoms with Crippen LogP contribution in [0.5, 0.6) is 0 Å². The van der Waals surface area contributed by atoms with E-state index in [1.165, 1.54) is 46.2 Å². The molecule has 2 N–H and O–H groups in total. The number of halogens is 1. The van der Waals surface area contributed by atoms with Gasteiger partial charge in [-0.15, -0.1) is 0 Å². The van der Waals surface area contributed by atoms with Crippen molar-refractivity contribution in [2.24, 2.45) is 0 Å². The van der Waals surface area contributed by atoms with Crippen LogP contribution in [0.25, 0.3) is 0 Å². The van der Waals surface area contributed by atoms with Gasteiger partial charge < -0.3 is 33.8 Å². The van der Waals surface area contributed by atoms with Crippen LogP contribution in [0.1, 0.15) is 80.8 Å². The monoisotopic (exact) mass is 927 g/mol. The van der Waals surface area contributed by atoms with Crippen LogP contribution in [-0.2, 0) is 58.6 Å². The Morgan fingerprint density at radius 3 is 1.16 bits per heavy atom. The van der Waals surface area contributed by atoms with E-state index in [0.717, 1.165) is 71.7 Å². The SMILES string of the molecule is CCCON(Cc1ccccc1)Cc1ccccc1.CCCOOCC1CCCCO1.[Br-].[H-].[Mg+2].c1ccc(CNCc2ccccc2)cc1.c1ccc(CNCc2ccccc2)cc1. The molecule has 0 spiro atoms. The molecule has 0 amide bonds. The summed E-state index contributed by atoms with van der Waals surface area (Å²) in [6, 6.07) is 62.7. The normalized spacial score (nSPS) is 12.7. The molecule has 63 heavy (non-hydrogen) atoms. The minimum atomic E-state index is 0. The molecule has 1 aliphatic rings. The van der Waals surface area contributed by atoms with Gasteiger partial charge in [-0.3, -0.25) is 4.84 Å². The number of hydrogen-bond acceptors (Lipinski definition) is 7. The van der Waals surface area contributed by atoms with Crippen LogP contribution in [0.4, 0.5) is 0 Å². The third-order valence-electron chi connectivity index (χ3n) is 9.47. The average Bonchev–Trinajstić information content (AvgIpc) is 3.33. The molecule has 1 aliphatic heterocycles. The molecule has 1 fully saturated rings. The maximum Gasteiger partial charge on any atom is 2.00 e. The third-order valence-corrected chi connectivity index (χ3v) is 9.47. The second-order valence-electron chi connectivity index (χ2n) is 14.8. The molecule has 1 saturated heterocycles. The minimum Gasteiger partial charge on any atom is -1.00 e. The van der Waals surface area contributed by atoms with Crippen LogP contribution < -0.4 is 27.6 Å². The van der Waals surface area contributed by atoms with E-state index in [-0.39, 0.29) is 47.6 Å². The summed E-state index contributed by atoms with van der Waals surface area (Å²) in [5.41, 5.74) is 7.85. The summed E-state index contributed by atoms with van der Waals surface area (Å²) >= 11 is 0. The number of benzene rings is 6. The van der Waals surface area contributed by atoms with E-state index in [9.17, 15) is 0 Å². The molecule has 1 unspecified atom stereocenters. The maximum absolute atomic E-state index is 5.83. The van der Waals surface area contributed by atoms with Gasteiger partial charge in [0.2, 0.25) is 0 Å². The summed E-state index contributed by atoms with van der Waals surface area (Å²) in [5.74, 6) is 0. The zero-order valence-corrected chi connectivity index (χ0v) is 40.7. The number of ether oxygens (including phenoxy) is 1. The Morgan fingerprint density at radius 1 is 0.492 bits per heavy atom. The van der Waals surface area contributed by atoms with E-state index in [4.69, 9.17) is 19.3 Å². The molecule has 0 aliphatic carbocycles. The molecule has 6 aromatic carbocycles. The van der Waals surface area contributed by atoms with Gasteiger partial charge in [0, 0.05) is 45.9 Å². The quantitative estimate of drug-likeness (QED) is 0.0344. The van der Waals surface area contributed by atoms with Crippen molar-refractivity contribution in [3.63, 3.8) is 0 Å². The Morgan fingerprint density at radius 2 is 0.841 bits per heavy atom. The maximum atomic E-state index is 5.83. The van der Waals surface area contributed by atoms with Gasteiger partial charge in [0.25, 0.3) is 0 Å². The first-order chi connectivity index (χ1) is 30.2. The third kappa shape index (κ3) is 27.3. The van der Waals surface area contributed by atoms with Crippen molar-refractivity contribution in [1.82, 2.24) is 15.7 Å². The van der Waals surface area contributed by atoms with Crippen molar-refractivity contribution in [3.05, 3.63) is 215 Å². The van der Waals surface area contributed by atoms with Gasteiger partial charge in [-0.05, 0) is 65.5 Å². The predicted octanol–water partition coefficient (Wildman–Crippen LogP) is 8.63. The second kappa shape index (κ2) is 37.6. The van der Waals surface area contributed by atoms with Crippen LogP contribution in [0.15, 0.2) is 182 Å². The van der Waals surface area contributed by atoms with Gasteiger partial charge in [-0.25, -0.2) is 9.78 Å². The zero-order valence-electron chi connectivity index (χ0n) is 38.7. The molecule has 334 valence electrons. The molecule has 1 atom stereocenters. The van der Waals surface area contributed by atoms with Crippen molar-refractivity contribution >= 4 is 23.1 Å². The fourth-order valence-corrected chi connectivity index (χ4v) is 6.23. The standard InChI is InChI=1S/C17H21NO.2C14H15N.C9H18O3.BrH.Mg.H/c1-2-13-19-18(14-16-9-5-3-6-10-16)15-17-11-7-4-8-12-17;2*1-3-7-13(8-4-1)11-15-12-14-9-5-2-6-10-14;1-2-6-11-12-8-9-5-3-4-7-10-9;;;/h3-12H,2,13-15H2,1H3;2*1-10,15H,11-12H2;9H,2-8H2,1H3;1H;;/q;;;;;+2;-1/p-1. The van der Waals surface area contributed by atoms with Crippen LogP contribution in [0, 0.1) is 0 Å². The van der Waals surface area contributed by atoms with Crippen LogP contribution in [0.3, 0.4) is 0 Å². The first kappa shape index (κ1) is 55.4. The molecule has 0 aromatic heterocycles. The zero-order chi connectivity index (χ0) is 42.7. The van der Waals surface area contributed by atoms with Gasteiger partial charge in [0.05, 0.1) is 19.3 Å². The van der Waals surface area contributed by atoms with Crippen LogP contribution in [-0.4, -0.2) is 60.6 Å². The second-order valence-corrected chi connectivity index (χ2v) is 14.8. The first-order valence-corrected chi connectivity index (χ1v) is 22.1. The predicted molar refractivity (Wildman–Crippen MR) is 258 cm³/mol. The molecule has 0 radical (unpaired) electrons. The Balaban J connectivity index is 0.000000425. The molecule has 7 nitrogen and oxygen atoms in total. The van der Waals surface area contributed by atoms with Crippen LogP contribution >= 0.6 is 0 Å². The van der Waals surface area contributed by atoms with Gasteiger partial charge in [0.1, 0.15) is 6.61 Å². The molecule has 6 aromatic rings. The summed E-state index contributed by atoms with van der Waals surface area (Å²) in [6.45, 7) is 12.4. The largest absolute Gasteiger partial charge is 2.00 e. The van der Waals surface area contributed by atoms with E-state index >= 15 is 0 Å². The number of nitrogens with zero attached hydrogens (tertiary/aromatic N) is 1. The van der Waals surface area contributed by atoms with E-state index < -0.39 is 0 Å². The first-order valence-electron chi connectivity index (χ1n) is 22.1. The van der Waals surface area contributed by atoms with Crippen molar-refractivity contribution in [3.8, 4) is 0 Å². The molecule has 0 saturated carbocycles. The van der Waals surface area contributed by atoms with Crippen molar-refractivity contribution in [1.29, 1.82) is 0 Å². The summed E-state index contributed by atoms with van der Waals surface area (Å²) in [5, 5.41) is 8.87. The minimum absolute atomic E-state index is 0. The topological polar surface area (TPSA) is 64.2 Å². The smallest absolute Gasteiger partial charge is 1.00 e. The van der Waals surface area contributed by atoms with Gasteiger partial charge in [-0.1, -0.05) is 196 Å². The van der Waals surface area contributed by atoms with Gasteiger partial charge >= 0.3 is 23.1 Å². The van der Waals surface area contributed by atoms with E-state index in [0.29, 0.717) is 13.2 Å². The number of hydroxylamine groups is 2. The summed E-state index contributed by atoms with van der Waals surface area (Å²) in [7, 11) is 0. The average molecular weight is 929 g/mol. The number of rotatable bonds is 20. The van der Waals surface area contributed by atoms with E-state index in [2.05, 4.69) is 170 Å². The van der Waals surface area contributed by atoms with Crippen LogP contribution in [0.2, 0.25) is 0 Å².